The summed E-state index contributed by atoms with van der Waals surface area (Å²) < 4.78 is 21.2. The summed E-state index contributed by atoms with van der Waals surface area (Å²) in [4.78, 5) is 32.9. The van der Waals surface area contributed by atoms with Crippen LogP contribution in [0.1, 0.15) is 56.1 Å². The summed E-state index contributed by atoms with van der Waals surface area (Å²) in [6.07, 6.45) is 10.8. The van der Waals surface area contributed by atoms with E-state index in [4.69, 9.17) is 4.74 Å². The van der Waals surface area contributed by atoms with E-state index in [1.54, 1.807) is 31.4 Å². The average Bonchev–Trinajstić information content (AvgIpc) is 2.97. The Balaban J connectivity index is 1.36. The molecule has 0 atom stereocenters. The van der Waals surface area contributed by atoms with Crippen molar-refractivity contribution in [3.8, 4) is 17.0 Å². The number of nitrogens with zero attached hydrogens (tertiary/aromatic N) is 1. The van der Waals surface area contributed by atoms with Gasteiger partial charge in [-0.25, -0.2) is 9.37 Å². The minimum absolute atomic E-state index is 0.0223. The van der Waals surface area contributed by atoms with Gasteiger partial charge in [-0.15, -0.1) is 0 Å². The molecule has 7 nitrogen and oxygen atoms in total. The smallest absolute Gasteiger partial charge is 0.259 e. The summed E-state index contributed by atoms with van der Waals surface area (Å²) in [5.74, 6) is 0.102. The van der Waals surface area contributed by atoms with Crippen molar-refractivity contribution >= 4 is 33.9 Å². The topological polar surface area (TPSA) is 96.1 Å². The minimum atomic E-state index is -0.504. The van der Waals surface area contributed by atoms with Crippen molar-refractivity contribution in [2.24, 2.45) is 5.92 Å². The summed E-state index contributed by atoms with van der Waals surface area (Å²) in [6, 6.07) is 12.2. The summed E-state index contributed by atoms with van der Waals surface area (Å²) in [5, 5.41) is 6.65. The van der Waals surface area contributed by atoms with Crippen LogP contribution in [-0.2, 0) is 17.6 Å². The van der Waals surface area contributed by atoms with Crippen LogP contribution in [-0.4, -0.2) is 23.0 Å². The van der Waals surface area contributed by atoms with Crippen LogP contribution in [0.15, 0.2) is 53.5 Å². The highest BCUT2D eigenvalue weighted by Gasteiger charge is 2.22. The van der Waals surface area contributed by atoms with E-state index in [-0.39, 0.29) is 22.9 Å². The number of fused-ring (bicyclic) bond motifs is 2. The van der Waals surface area contributed by atoms with Gasteiger partial charge in [0.2, 0.25) is 5.91 Å². The monoisotopic (exact) mass is 540 g/mol. The number of carbonyl (C=O) groups is 1. The van der Waals surface area contributed by atoms with E-state index in [0.29, 0.717) is 33.7 Å². The van der Waals surface area contributed by atoms with Crippen molar-refractivity contribution in [1.82, 2.24) is 9.97 Å². The van der Waals surface area contributed by atoms with Gasteiger partial charge >= 0.3 is 0 Å². The molecule has 206 valence electrons. The van der Waals surface area contributed by atoms with Gasteiger partial charge < -0.3 is 20.4 Å². The van der Waals surface area contributed by atoms with Crippen molar-refractivity contribution in [1.29, 1.82) is 0 Å². The summed E-state index contributed by atoms with van der Waals surface area (Å²) >= 11 is 0. The third-order valence-electron chi connectivity index (χ3n) is 8.15. The third-order valence-corrected chi connectivity index (χ3v) is 8.15. The molecule has 0 unspecified atom stereocenters. The molecule has 2 heterocycles. The number of hydrogen-bond acceptors (Lipinski definition) is 5. The number of ether oxygens (including phenoxy) is 1. The van der Waals surface area contributed by atoms with Crippen LogP contribution in [0.25, 0.3) is 22.2 Å². The van der Waals surface area contributed by atoms with Crippen LogP contribution in [0, 0.1) is 11.7 Å². The van der Waals surface area contributed by atoms with E-state index in [9.17, 15) is 9.59 Å². The van der Waals surface area contributed by atoms with Gasteiger partial charge in [-0.3, -0.25) is 9.59 Å². The second-order valence-electron chi connectivity index (χ2n) is 10.8. The number of methoxy groups -OCH3 is 1. The largest absolute Gasteiger partial charge is 0.495 e. The lowest BCUT2D eigenvalue weighted by Gasteiger charge is -2.21. The molecule has 0 spiro atoms. The molecule has 1 amide bonds. The maximum atomic E-state index is 15.5. The molecule has 8 heteroatoms. The highest BCUT2D eigenvalue weighted by Crippen LogP contribution is 2.37. The Kier molecular flexibility index (Phi) is 7.24. The van der Waals surface area contributed by atoms with Gasteiger partial charge in [0.15, 0.2) is 0 Å². The molecule has 0 aliphatic heterocycles. The van der Waals surface area contributed by atoms with Crippen molar-refractivity contribution in [2.75, 3.05) is 17.7 Å². The van der Waals surface area contributed by atoms with Gasteiger partial charge in [-0.05, 0) is 92.1 Å². The molecule has 1 saturated carbocycles. The highest BCUT2D eigenvalue weighted by molar-refractivity contribution is 5.96. The van der Waals surface area contributed by atoms with Gasteiger partial charge in [0.1, 0.15) is 11.6 Å². The molecule has 2 aromatic carbocycles. The number of carbonyl (C=O) groups excluding carboxylic acids is 1. The number of pyridine rings is 2. The maximum absolute atomic E-state index is 15.5. The first-order valence-corrected chi connectivity index (χ1v) is 14.1. The fourth-order valence-corrected chi connectivity index (χ4v) is 6.01. The molecule has 4 aromatic rings. The Morgan fingerprint density at radius 1 is 0.975 bits per heavy atom. The van der Waals surface area contributed by atoms with Crippen LogP contribution in [0.2, 0.25) is 0 Å². The fraction of sp³-hybridized carbons (Fsp3) is 0.344. The van der Waals surface area contributed by atoms with E-state index < -0.39 is 5.82 Å². The first-order valence-electron chi connectivity index (χ1n) is 14.1. The van der Waals surface area contributed by atoms with Crippen molar-refractivity contribution in [2.45, 2.75) is 57.8 Å². The number of hydrogen-bond donors (Lipinski definition) is 3. The second-order valence-corrected chi connectivity index (χ2v) is 10.8. The van der Waals surface area contributed by atoms with Gasteiger partial charge in [-0.2, -0.15) is 0 Å². The van der Waals surface area contributed by atoms with Crippen LogP contribution in [0.5, 0.6) is 5.75 Å². The van der Waals surface area contributed by atoms with Crippen molar-refractivity contribution in [3.63, 3.8) is 0 Å². The Labute approximate surface area is 232 Å². The van der Waals surface area contributed by atoms with E-state index >= 15 is 4.39 Å². The highest BCUT2D eigenvalue weighted by atomic mass is 19.1. The Hall–Kier alpha value is -4.20. The first kappa shape index (κ1) is 26.0. The number of halogens is 1. The van der Waals surface area contributed by atoms with Crippen LogP contribution in [0.3, 0.4) is 0 Å². The van der Waals surface area contributed by atoms with Crippen molar-refractivity contribution < 1.29 is 13.9 Å². The number of amides is 1. The van der Waals surface area contributed by atoms with E-state index in [2.05, 4.69) is 32.7 Å². The van der Waals surface area contributed by atoms with E-state index in [0.717, 1.165) is 63.5 Å². The Morgan fingerprint density at radius 3 is 2.50 bits per heavy atom. The van der Waals surface area contributed by atoms with Crippen LogP contribution in [0.4, 0.5) is 21.5 Å². The molecular formula is C32H33FN4O3. The predicted molar refractivity (Wildman–Crippen MR) is 156 cm³/mol. The molecule has 40 heavy (non-hydrogen) atoms. The zero-order valence-electron chi connectivity index (χ0n) is 22.6. The lowest BCUT2D eigenvalue weighted by atomic mass is 9.88. The molecule has 1 fully saturated rings. The van der Waals surface area contributed by atoms with E-state index in [1.165, 1.54) is 23.4 Å². The van der Waals surface area contributed by atoms with Gasteiger partial charge in [0.05, 0.1) is 35.1 Å². The molecule has 6 rings (SSSR count). The van der Waals surface area contributed by atoms with Crippen LogP contribution < -0.4 is 20.9 Å². The zero-order chi connectivity index (χ0) is 27.6. The fourth-order valence-electron chi connectivity index (χ4n) is 6.01. The minimum Gasteiger partial charge on any atom is -0.495 e. The third kappa shape index (κ3) is 5.18. The number of aromatic amines is 1. The number of nitrogens with one attached hydrogen (secondary N) is 3. The molecule has 0 bridgehead atoms. The van der Waals surface area contributed by atoms with Crippen LogP contribution >= 0.6 is 0 Å². The molecule has 2 aliphatic carbocycles. The van der Waals surface area contributed by atoms with E-state index in [1.807, 2.05) is 0 Å². The Morgan fingerprint density at radius 2 is 1.75 bits per heavy atom. The molecular weight excluding hydrogens is 507 g/mol. The lowest BCUT2D eigenvalue weighted by Crippen LogP contribution is -2.24. The number of H-pyrrole nitrogens is 1. The number of rotatable bonds is 6. The SMILES string of the molecule is COc1cc2c(cc1Nc1cc(-c3ccc(NC(=O)C4CCCCC4)cc3F)nc3cc[nH]c(=O)c13)CCCC2. The van der Waals surface area contributed by atoms with Crippen molar-refractivity contribution in [3.05, 3.63) is 76.0 Å². The molecule has 3 N–H and O–H groups in total. The number of aryl methyl sites for hydroxylation is 2. The maximum Gasteiger partial charge on any atom is 0.259 e. The predicted octanol–water partition coefficient (Wildman–Crippen LogP) is 6.88. The summed E-state index contributed by atoms with van der Waals surface area (Å²) in [5.41, 5.74) is 5.01. The summed E-state index contributed by atoms with van der Waals surface area (Å²) in [7, 11) is 1.63. The molecule has 2 aromatic heterocycles. The zero-order valence-corrected chi connectivity index (χ0v) is 22.6. The quantitative estimate of drug-likeness (QED) is 0.248. The molecule has 0 radical (unpaired) electrons. The standard InChI is InChI=1S/C32H33FN4O3/c1-40-29-16-21-10-6-5-9-20(21)15-27(29)37-28-18-26(36-25-13-14-34-32(39)30(25)28)23-12-11-22(17-24(23)33)35-31(38)19-7-3-2-4-8-19/h11-19H,2-10H2,1H3,(H,34,39)(H,35,38)(H,36,37). The molecule has 2 aliphatic rings. The average molecular weight is 541 g/mol. The van der Waals surface area contributed by atoms with Gasteiger partial charge in [0, 0.05) is 23.4 Å². The first-order chi connectivity index (χ1) is 19.5. The van der Waals surface area contributed by atoms with Gasteiger partial charge in [-0.1, -0.05) is 19.3 Å². The molecule has 0 saturated heterocycles. The second kappa shape index (κ2) is 11.1. The Bertz CT molecular complexity index is 1640. The normalized spacial score (nSPS) is 15.4. The lowest BCUT2D eigenvalue weighted by molar-refractivity contribution is -0.120. The number of benzene rings is 2. The van der Waals surface area contributed by atoms with Gasteiger partial charge in [0.25, 0.3) is 5.56 Å². The number of anilines is 3. The number of aromatic nitrogens is 2. The summed E-state index contributed by atoms with van der Waals surface area (Å²) in [6.45, 7) is 0.